The van der Waals surface area contributed by atoms with E-state index >= 15 is 0 Å². The fraction of sp³-hybridized carbons (Fsp3) is 0.278. The van der Waals surface area contributed by atoms with Gasteiger partial charge in [-0.1, -0.05) is 48.0 Å². The highest BCUT2D eigenvalue weighted by molar-refractivity contribution is 8.00. The zero-order valence-corrected chi connectivity index (χ0v) is 13.3. The van der Waals surface area contributed by atoms with E-state index in [9.17, 15) is 4.79 Å². The van der Waals surface area contributed by atoms with Crippen LogP contribution in [0.15, 0.2) is 59.5 Å². The number of benzene rings is 2. The van der Waals surface area contributed by atoms with E-state index in [1.54, 1.807) is 11.8 Å². The SMILES string of the molecule is Cc1ccc(SC(C)C(=O)NCCc2ccccc2)cc1. The fourth-order valence-corrected chi connectivity index (χ4v) is 2.88. The number of carbonyl (C=O) groups is 1. The monoisotopic (exact) mass is 299 g/mol. The molecule has 0 aliphatic heterocycles. The first-order valence-electron chi connectivity index (χ1n) is 7.20. The van der Waals surface area contributed by atoms with Gasteiger partial charge in [-0.05, 0) is 38.0 Å². The van der Waals surface area contributed by atoms with E-state index in [1.807, 2.05) is 25.1 Å². The topological polar surface area (TPSA) is 29.1 Å². The summed E-state index contributed by atoms with van der Waals surface area (Å²) in [5.41, 5.74) is 2.48. The van der Waals surface area contributed by atoms with Crippen molar-refractivity contribution in [3.05, 3.63) is 65.7 Å². The highest BCUT2D eigenvalue weighted by Gasteiger charge is 2.13. The van der Waals surface area contributed by atoms with E-state index in [2.05, 4.69) is 48.6 Å². The van der Waals surface area contributed by atoms with Crippen molar-refractivity contribution in [1.82, 2.24) is 5.32 Å². The van der Waals surface area contributed by atoms with E-state index in [-0.39, 0.29) is 11.2 Å². The molecule has 3 heteroatoms. The average molecular weight is 299 g/mol. The Morgan fingerprint density at radius 3 is 2.43 bits per heavy atom. The molecule has 1 unspecified atom stereocenters. The minimum Gasteiger partial charge on any atom is -0.355 e. The second-order valence-electron chi connectivity index (χ2n) is 5.10. The lowest BCUT2D eigenvalue weighted by Crippen LogP contribution is -2.32. The molecule has 0 aliphatic rings. The molecular formula is C18H21NOS. The van der Waals surface area contributed by atoms with Gasteiger partial charge in [0, 0.05) is 11.4 Å². The molecule has 0 saturated heterocycles. The number of aryl methyl sites for hydroxylation is 1. The minimum atomic E-state index is -0.0801. The summed E-state index contributed by atoms with van der Waals surface area (Å²) in [6.07, 6.45) is 0.870. The normalized spacial score (nSPS) is 11.9. The van der Waals surface area contributed by atoms with Gasteiger partial charge in [-0.15, -0.1) is 11.8 Å². The van der Waals surface area contributed by atoms with Gasteiger partial charge in [0.1, 0.15) is 0 Å². The fourth-order valence-electron chi connectivity index (χ4n) is 1.99. The highest BCUT2D eigenvalue weighted by Crippen LogP contribution is 2.23. The van der Waals surface area contributed by atoms with Crippen molar-refractivity contribution in [3.63, 3.8) is 0 Å². The lowest BCUT2D eigenvalue weighted by Gasteiger charge is -2.12. The van der Waals surface area contributed by atoms with Crippen LogP contribution < -0.4 is 5.32 Å². The Balaban J connectivity index is 1.76. The Morgan fingerprint density at radius 1 is 1.10 bits per heavy atom. The maximum Gasteiger partial charge on any atom is 0.233 e. The summed E-state index contributed by atoms with van der Waals surface area (Å²) in [7, 11) is 0. The molecule has 0 spiro atoms. The van der Waals surface area contributed by atoms with Gasteiger partial charge in [0.15, 0.2) is 0 Å². The third-order valence-electron chi connectivity index (χ3n) is 3.26. The van der Waals surface area contributed by atoms with Crippen LogP contribution in [0.5, 0.6) is 0 Å². The van der Waals surface area contributed by atoms with Crippen molar-refractivity contribution in [3.8, 4) is 0 Å². The van der Waals surface area contributed by atoms with E-state index in [4.69, 9.17) is 0 Å². The molecule has 0 aromatic heterocycles. The highest BCUT2D eigenvalue weighted by atomic mass is 32.2. The number of thioether (sulfide) groups is 1. The molecule has 0 heterocycles. The summed E-state index contributed by atoms with van der Waals surface area (Å²) < 4.78 is 0. The number of hydrogen-bond acceptors (Lipinski definition) is 2. The van der Waals surface area contributed by atoms with Gasteiger partial charge in [-0.2, -0.15) is 0 Å². The van der Waals surface area contributed by atoms with Gasteiger partial charge in [0.25, 0.3) is 0 Å². The number of hydrogen-bond donors (Lipinski definition) is 1. The second-order valence-corrected chi connectivity index (χ2v) is 6.51. The first-order valence-corrected chi connectivity index (χ1v) is 8.08. The summed E-state index contributed by atoms with van der Waals surface area (Å²) in [6, 6.07) is 18.5. The van der Waals surface area contributed by atoms with E-state index in [0.29, 0.717) is 6.54 Å². The molecule has 21 heavy (non-hydrogen) atoms. The first-order chi connectivity index (χ1) is 10.1. The molecule has 2 aromatic carbocycles. The van der Waals surface area contributed by atoms with Crippen LogP contribution in [0.2, 0.25) is 0 Å². The maximum atomic E-state index is 12.1. The summed E-state index contributed by atoms with van der Waals surface area (Å²) >= 11 is 1.59. The van der Waals surface area contributed by atoms with Gasteiger partial charge >= 0.3 is 0 Å². The molecule has 110 valence electrons. The first kappa shape index (κ1) is 15.6. The number of nitrogens with one attached hydrogen (secondary N) is 1. The quantitative estimate of drug-likeness (QED) is 0.821. The summed E-state index contributed by atoms with van der Waals surface area (Å²) in [5, 5.41) is 2.92. The molecule has 1 atom stereocenters. The number of amides is 1. The van der Waals surface area contributed by atoms with Crippen LogP contribution in [-0.2, 0) is 11.2 Å². The molecule has 2 aromatic rings. The molecular weight excluding hydrogens is 278 g/mol. The Hall–Kier alpha value is -1.74. The lowest BCUT2D eigenvalue weighted by atomic mass is 10.1. The van der Waals surface area contributed by atoms with Crippen LogP contribution in [0.25, 0.3) is 0 Å². The Labute approximate surface area is 131 Å². The lowest BCUT2D eigenvalue weighted by molar-refractivity contribution is -0.120. The van der Waals surface area contributed by atoms with Crippen molar-refractivity contribution in [1.29, 1.82) is 0 Å². The molecule has 0 saturated carbocycles. The van der Waals surface area contributed by atoms with Crippen LogP contribution in [0.1, 0.15) is 18.1 Å². The predicted octanol–water partition coefficient (Wildman–Crippen LogP) is 3.83. The van der Waals surface area contributed by atoms with E-state index in [0.717, 1.165) is 11.3 Å². The van der Waals surface area contributed by atoms with Crippen molar-refractivity contribution >= 4 is 17.7 Å². The van der Waals surface area contributed by atoms with Crippen molar-refractivity contribution in [2.24, 2.45) is 0 Å². The Morgan fingerprint density at radius 2 is 1.76 bits per heavy atom. The number of carbonyl (C=O) groups excluding carboxylic acids is 1. The van der Waals surface area contributed by atoms with Crippen LogP contribution in [0.3, 0.4) is 0 Å². The Bertz CT molecular complexity index is 566. The maximum absolute atomic E-state index is 12.1. The van der Waals surface area contributed by atoms with Crippen LogP contribution in [0, 0.1) is 6.92 Å². The molecule has 2 nitrogen and oxygen atoms in total. The second kappa shape index (κ2) is 7.89. The van der Waals surface area contributed by atoms with Gasteiger partial charge in [0.05, 0.1) is 5.25 Å². The summed E-state index contributed by atoms with van der Waals surface area (Å²) in [5.74, 6) is 0.0940. The van der Waals surface area contributed by atoms with Gasteiger partial charge < -0.3 is 5.32 Å². The standard InChI is InChI=1S/C18H21NOS/c1-14-8-10-17(11-9-14)21-15(2)18(20)19-13-12-16-6-4-3-5-7-16/h3-11,15H,12-13H2,1-2H3,(H,19,20). The zero-order chi connectivity index (χ0) is 15.1. The molecule has 1 amide bonds. The largest absolute Gasteiger partial charge is 0.355 e. The van der Waals surface area contributed by atoms with Crippen LogP contribution in [0.4, 0.5) is 0 Å². The Kier molecular flexibility index (Phi) is 5.88. The third kappa shape index (κ3) is 5.27. The molecule has 0 fully saturated rings. The molecule has 2 rings (SSSR count). The minimum absolute atomic E-state index is 0.0801. The van der Waals surface area contributed by atoms with Crippen molar-refractivity contribution in [2.75, 3.05) is 6.54 Å². The summed E-state index contributed by atoms with van der Waals surface area (Å²) in [4.78, 5) is 13.2. The van der Waals surface area contributed by atoms with Gasteiger partial charge in [-0.3, -0.25) is 4.79 Å². The predicted molar refractivity (Wildman–Crippen MR) is 89.7 cm³/mol. The average Bonchev–Trinajstić information content (AvgIpc) is 2.50. The summed E-state index contributed by atoms with van der Waals surface area (Å²) in [6.45, 7) is 4.69. The molecule has 0 bridgehead atoms. The van der Waals surface area contributed by atoms with E-state index in [1.165, 1.54) is 11.1 Å². The molecule has 0 aliphatic carbocycles. The molecule has 1 N–H and O–H groups in total. The third-order valence-corrected chi connectivity index (χ3v) is 4.37. The zero-order valence-electron chi connectivity index (χ0n) is 12.5. The van der Waals surface area contributed by atoms with Gasteiger partial charge in [-0.25, -0.2) is 0 Å². The van der Waals surface area contributed by atoms with Crippen LogP contribution >= 0.6 is 11.8 Å². The molecule has 0 radical (unpaired) electrons. The number of rotatable bonds is 6. The van der Waals surface area contributed by atoms with Crippen LogP contribution in [-0.4, -0.2) is 17.7 Å². The van der Waals surface area contributed by atoms with Gasteiger partial charge in [0.2, 0.25) is 5.91 Å². The smallest absolute Gasteiger partial charge is 0.233 e. The van der Waals surface area contributed by atoms with Crippen molar-refractivity contribution < 1.29 is 4.79 Å². The van der Waals surface area contributed by atoms with Crippen molar-refractivity contribution in [2.45, 2.75) is 30.4 Å². The van der Waals surface area contributed by atoms with E-state index < -0.39 is 0 Å².